The average molecular weight is 256 g/mol. The average Bonchev–Trinajstić information content (AvgIpc) is 2.36. The molecule has 0 atom stereocenters. The lowest BCUT2D eigenvalue weighted by molar-refractivity contribution is 0.588. The van der Waals surface area contributed by atoms with Crippen molar-refractivity contribution in [3.8, 4) is 0 Å². The summed E-state index contributed by atoms with van der Waals surface area (Å²) in [4.78, 5) is 3.99. The Bertz CT molecular complexity index is 494. The van der Waals surface area contributed by atoms with Crippen molar-refractivity contribution in [1.29, 1.82) is 0 Å². The highest BCUT2D eigenvalue weighted by atomic mass is 32.2. The fourth-order valence-corrected chi connectivity index (χ4v) is 1.91. The van der Waals surface area contributed by atoms with Crippen molar-refractivity contribution >= 4 is 16.0 Å². The van der Waals surface area contributed by atoms with Crippen molar-refractivity contribution in [1.82, 2.24) is 10.0 Å². The van der Waals surface area contributed by atoms with Crippen LogP contribution in [0, 0.1) is 0 Å². The predicted octanol–water partition coefficient (Wildman–Crippen LogP) is -0.371. The second kappa shape index (κ2) is 5.65. The molecule has 0 aromatic heterocycles. The van der Waals surface area contributed by atoms with Gasteiger partial charge in [0.1, 0.15) is 0 Å². The third-order valence-corrected chi connectivity index (χ3v) is 3.65. The number of rotatable bonds is 4. The molecule has 0 aliphatic heterocycles. The van der Waals surface area contributed by atoms with E-state index < -0.39 is 10.0 Å². The van der Waals surface area contributed by atoms with E-state index in [4.69, 9.17) is 5.73 Å². The van der Waals surface area contributed by atoms with Crippen molar-refractivity contribution in [3.63, 3.8) is 0 Å². The minimum absolute atomic E-state index is 0.237. The molecule has 0 unspecified atom stereocenters. The molecule has 0 spiro atoms. The maximum atomic E-state index is 11.5. The van der Waals surface area contributed by atoms with Gasteiger partial charge in [0, 0.05) is 13.6 Å². The number of nitrogens with zero attached hydrogens (tertiary/aromatic N) is 1. The molecule has 4 N–H and O–H groups in total. The van der Waals surface area contributed by atoms with Crippen LogP contribution in [0.3, 0.4) is 0 Å². The van der Waals surface area contributed by atoms with Crippen molar-refractivity contribution in [3.05, 3.63) is 29.8 Å². The largest absolute Gasteiger partial charge is 0.370 e. The van der Waals surface area contributed by atoms with Gasteiger partial charge in [0.05, 0.1) is 4.90 Å². The fourth-order valence-electron chi connectivity index (χ4n) is 1.18. The molecule has 0 radical (unpaired) electrons. The Hall–Kier alpha value is -1.60. The van der Waals surface area contributed by atoms with E-state index in [0.29, 0.717) is 12.5 Å². The van der Waals surface area contributed by atoms with Gasteiger partial charge < -0.3 is 11.1 Å². The standard InChI is InChI=1S/C10H16N4O2S/c1-12-10(11)14-7-8-3-5-9(6-4-8)17(15,16)13-2/h3-6,13H,7H2,1-2H3,(H3,11,12,14). The van der Waals surface area contributed by atoms with Gasteiger partial charge in [0.15, 0.2) is 5.96 Å². The van der Waals surface area contributed by atoms with Gasteiger partial charge in [-0.05, 0) is 24.7 Å². The predicted molar refractivity (Wildman–Crippen MR) is 67.1 cm³/mol. The first-order chi connectivity index (χ1) is 7.99. The highest BCUT2D eigenvalue weighted by Crippen LogP contribution is 2.09. The maximum absolute atomic E-state index is 11.5. The minimum Gasteiger partial charge on any atom is -0.370 e. The van der Waals surface area contributed by atoms with E-state index in [9.17, 15) is 8.42 Å². The number of guanidine groups is 1. The minimum atomic E-state index is -3.37. The van der Waals surface area contributed by atoms with Crippen molar-refractivity contribution < 1.29 is 8.42 Å². The highest BCUT2D eigenvalue weighted by Gasteiger charge is 2.10. The summed E-state index contributed by atoms with van der Waals surface area (Å²) in [5.74, 6) is 0.344. The first-order valence-corrected chi connectivity index (χ1v) is 6.46. The van der Waals surface area contributed by atoms with Gasteiger partial charge in [-0.1, -0.05) is 12.1 Å². The van der Waals surface area contributed by atoms with Crippen LogP contribution in [-0.2, 0) is 16.6 Å². The van der Waals surface area contributed by atoms with Gasteiger partial charge >= 0.3 is 0 Å². The smallest absolute Gasteiger partial charge is 0.240 e. The lowest BCUT2D eigenvalue weighted by atomic mass is 10.2. The number of aliphatic imine (C=N–C) groups is 1. The molecule has 1 aromatic carbocycles. The molecular weight excluding hydrogens is 240 g/mol. The number of hydrogen-bond donors (Lipinski definition) is 3. The Kier molecular flexibility index (Phi) is 4.47. The quantitative estimate of drug-likeness (QED) is 0.506. The number of sulfonamides is 1. The molecule has 0 heterocycles. The number of nitrogens with one attached hydrogen (secondary N) is 2. The zero-order chi connectivity index (χ0) is 12.9. The van der Waals surface area contributed by atoms with E-state index in [1.165, 1.54) is 7.05 Å². The van der Waals surface area contributed by atoms with Gasteiger partial charge in [-0.2, -0.15) is 0 Å². The van der Waals surface area contributed by atoms with Gasteiger partial charge in [0.2, 0.25) is 10.0 Å². The lowest BCUT2D eigenvalue weighted by Gasteiger charge is -2.06. The van der Waals surface area contributed by atoms with Crippen molar-refractivity contribution in [2.45, 2.75) is 11.4 Å². The Morgan fingerprint density at radius 1 is 1.35 bits per heavy atom. The van der Waals surface area contributed by atoms with Crippen LogP contribution in [0.2, 0.25) is 0 Å². The topological polar surface area (TPSA) is 96.6 Å². The van der Waals surface area contributed by atoms with Crippen LogP contribution >= 0.6 is 0 Å². The molecule has 0 aliphatic carbocycles. The summed E-state index contributed by atoms with van der Waals surface area (Å²) >= 11 is 0. The number of hydrogen-bond acceptors (Lipinski definition) is 3. The third-order valence-electron chi connectivity index (χ3n) is 2.22. The normalized spacial score (nSPS) is 12.5. The van der Waals surface area contributed by atoms with E-state index in [1.54, 1.807) is 31.3 Å². The molecule has 1 rings (SSSR count). The SMILES string of the molecule is CN=C(N)NCc1ccc(S(=O)(=O)NC)cc1. The Labute approximate surface area is 101 Å². The summed E-state index contributed by atoms with van der Waals surface area (Å²) in [6.45, 7) is 0.503. The Morgan fingerprint density at radius 3 is 2.41 bits per heavy atom. The molecule has 0 aliphatic rings. The molecule has 0 bridgehead atoms. The van der Waals surface area contributed by atoms with Gasteiger partial charge in [-0.3, -0.25) is 4.99 Å². The molecule has 0 saturated heterocycles. The van der Waals surface area contributed by atoms with Crippen LogP contribution in [0.15, 0.2) is 34.2 Å². The monoisotopic (exact) mass is 256 g/mol. The molecule has 7 heteroatoms. The zero-order valence-electron chi connectivity index (χ0n) is 9.77. The Morgan fingerprint density at radius 2 is 1.94 bits per heavy atom. The first kappa shape index (κ1) is 13.5. The fraction of sp³-hybridized carbons (Fsp3) is 0.300. The summed E-state index contributed by atoms with van der Waals surface area (Å²) in [5.41, 5.74) is 6.40. The van der Waals surface area contributed by atoms with E-state index >= 15 is 0 Å². The van der Waals surface area contributed by atoms with Gasteiger partial charge in [-0.25, -0.2) is 13.1 Å². The van der Waals surface area contributed by atoms with E-state index in [-0.39, 0.29) is 4.90 Å². The van der Waals surface area contributed by atoms with Crippen LogP contribution in [0.4, 0.5) is 0 Å². The summed E-state index contributed by atoms with van der Waals surface area (Å²) < 4.78 is 25.2. The number of benzene rings is 1. The van der Waals surface area contributed by atoms with Crippen molar-refractivity contribution in [2.75, 3.05) is 14.1 Å². The molecular formula is C10H16N4O2S. The summed E-state index contributed by atoms with van der Waals surface area (Å²) in [6, 6.07) is 6.53. The molecule has 6 nitrogen and oxygen atoms in total. The molecule has 1 aromatic rings. The van der Waals surface area contributed by atoms with Crippen LogP contribution in [0.25, 0.3) is 0 Å². The van der Waals surface area contributed by atoms with Gasteiger partial charge in [0.25, 0.3) is 0 Å². The van der Waals surface area contributed by atoms with E-state index in [2.05, 4.69) is 15.0 Å². The summed E-state index contributed by atoms with van der Waals surface area (Å²) in [5, 5.41) is 2.88. The highest BCUT2D eigenvalue weighted by molar-refractivity contribution is 7.89. The second-order valence-electron chi connectivity index (χ2n) is 3.31. The number of nitrogens with two attached hydrogens (primary N) is 1. The van der Waals surface area contributed by atoms with Gasteiger partial charge in [-0.15, -0.1) is 0 Å². The molecule has 0 saturated carbocycles. The molecule has 17 heavy (non-hydrogen) atoms. The third kappa shape index (κ3) is 3.72. The summed E-state index contributed by atoms with van der Waals surface area (Å²) in [6.07, 6.45) is 0. The van der Waals surface area contributed by atoms with Crippen LogP contribution < -0.4 is 15.8 Å². The second-order valence-corrected chi connectivity index (χ2v) is 5.20. The lowest BCUT2D eigenvalue weighted by Crippen LogP contribution is -2.30. The van der Waals surface area contributed by atoms with Crippen LogP contribution in [0.1, 0.15) is 5.56 Å². The molecule has 0 amide bonds. The van der Waals surface area contributed by atoms with Crippen molar-refractivity contribution in [2.24, 2.45) is 10.7 Å². The van der Waals surface area contributed by atoms with E-state index in [1.807, 2.05) is 0 Å². The van der Waals surface area contributed by atoms with Crippen LogP contribution in [0.5, 0.6) is 0 Å². The first-order valence-electron chi connectivity index (χ1n) is 4.98. The summed E-state index contributed by atoms with van der Waals surface area (Å²) in [7, 11) is -0.403. The molecule has 0 fully saturated rings. The molecule has 94 valence electrons. The zero-order valence-corrected chi connectivity index (χ0v) is 10.6. The van der Waals surface area contributed by atoms with Crippen LogP contribution in [-0.4, -0.2) is 28.5 Å². The maximum Gasteiger partial charge on any atom is 0.240 e. The van der Waals surface area contributed by atoms with E-state index in [0.717, 1.165) is 5.56 Å². The Balaban J connectivity index is 2.76.